The molecule has 3 unspecified atom stereocenters. The van der Waals surface area contributed by atoms with E-state index in [0.717, 1.165) is 12.3 Å². The van der Waals surface area contributed by atoms with Crippen molar-refractivity contribution in [3.8, 4) is 0 Å². The van der Waals surface area contributed by atoms with Crippen LogP contribution in [-0.2, 0) is 9.45 Å². The maximum Gasteiger partial charge on any atom is 0.313 e. The Hall–Kier alpha value is -0.0751. The molecule has 1 radical (unpaired) electrons. The monoisotopic (exact) mass is 268 g/mol. The zero-order valence-corrected chi connectivity index (χ0v) is 13.0. The summed E-state index contributed by atoms with van der Waals surface area (Å²) in [6.45, 7) is 8.57. The average Bonchev–Trinajstić information content (AvgIpc) is 2.24. The number of fused-ring (bicyclic) bond motifs is 2. The largest absolute Gasteiger partial charge is 0.435 e. The summed E-state index contributed by atoms with van der Waals surface area (Å²) in [6, 6.07) is 0. The van der Waals surface area contributed by atoms with Crippen LogP contribution in [0.5, 0.6) is 0 Å². The van der Waals surface area contributed by atoms with Gasteiger partial charge in [-0.3, -0.25) is 4.79 Å². The number of hydrogen-bond donors (Lipinski definition) is 1. The normalized spacial score (nSPS) is 40.8. The highest BCUT2D eigenvalue weighted by molar-refractivity contribution is 7.19. The van der Waals surface area contributed by atoms with Crippen LogP contribution >= 0.6 is 9.24 Å². The molecule has 3 fully saturated rings. The van der Waals surface area contributed by atoms with Crippen molar-refractivity contribution in [2.45, 2.75) is 51.8 Å². The smallest absolute Gasteiger partial charge is 0.313 e. The van der Waals surface area contributed by atoms with E-state index >= 15 is 0 Å². The lowest BCUT2D eigenvalue weighted by Crippen LogP contribution is -2.64. The van der Waals surface area contributed by atoms with E-state index in [1.165, 1.54) is 13.3 Å². The van der Waals surface area contributed by atoms with Crippen molar-refractivity contribution in [2.24, 2.45) is 17.3 Å². The molecule has 3 saturated carbocycles. The van der Waals surface area contributed by atoms with Crippen LogP contribution in [0.4, 0.5) is 0 Å². The molecule has 101 valence electrons. The minimum atomic E-state index is -0.0175. The maximum absolute atomic E-state index is 10.8. The molecule has 0 heterocycles. The van der Waals surface area contributed by atoms with Crippen LogP contribution in [0, 0.1) is 17.3 Å². The van der Waals surface area contributed by atoms with Crippen molar-refractivity contribution in [3.63, 3.8) is 0 Å². The molecule has 0 aromatic carbocycles. The first-order chi connectivity index (χ1) is 8.26. The fraction of sp³-hybridized carbons (Fsp3) is 0.923. The molecule has 3 aliphatic carbocycles. The topological polar surface area (TPSA) is 38.3 Å². The van der Waals surface area contributed by atoms with Gasteiger partial charge in [0, 0.05) is 24.6 Å². The third-order valence-electron chi connectivity index (χ3n) is 5.11. The lowest BCUT2D eigenvalue weighted by atomic mass is 9.44. The summed E-state index contributed by atoms with van der Waals surface area (Å²) in [5.41, 5.74) is 0.452. The Morgan fingerprint density at radius 2 is 2.11 bits per heavy atom. The number of amides is 1. The molecule has 18 heavy (non-hydrogen) atoms. The van der Waals surface area contributed by atoms with Crippen molar-refractivity contribution in [3.05, 3.63) is 0 Å². The van der Waals surface area contributed by atoms with Gasteiger partial charge in [-0.25, -0.2) is 0 Å². The summed E-state index contributed by atoms with van der Waals surface area (Å²) in [6.07, 6.45) is 3.21. The van der Waals surface area contributed by atoms with Crippen LogP contribution in [0.1, 0.15) is 40.5 Å². The quantitative estimate of drug-likeness (QED) is 0.479. The van der Waals surface area contributed by atoms with E-state index in [1.807, 2.05) is 0 Å². The summed E-state index contributed by atoms with van der Waals surface area (Å²) in [4.78, 5) is 10.8. The van der Waals surface area contributed by atoms with E-state index in [9.17, 15) is 4.79 Å². The Labute approximate surface area is 113 Å². The SMILES string of the molecule is CC(=O)NC[B]OC1C[C@@H]2C[C@H](C1(C)P)C2(C)C. The fourth-order valence-corrected chi connectivity index (χ4v) is 4.54. The maximum atomic E-state index is 10.8. The Morgan fingerprint density at radius 1 is 1.44 bits per heavy atom. The molecule has 0 spiro atoms. The number of hydrogen-bond acceptors (Lipinski definition) is 2. The minimum Gasteiger partial charge on any atom is -0.435 e. The standard InChI is InChI=1S/C13H24BNO2P/c1-8(16)15-7-14-17-11-6-9-5-10(12(9,2)3)13(11,4)18/h9-11H,5-7,18H2,1-4H3,(H,15,16)/t9-,10-,11?,13?/m0/s1. The number of carbonyl (C=O) groups is 1. The summed E-state index contributed by atoms with van der Waals surface area (Å²) >= 11 is 0. The van der Waals surface area contributed by atoms with Crippen LogP contribution in [-0.4, -0.2) is 31.1 Å². The Bertz CT molecular complexity index is 346. The van der Waals surface area contributed by atoms with Gasteiger partial charge in [0.05, 0.1) is 0 Å². The van der Waals surface area contributed by atoms with Crippen LogP contribution in [0.25, 0.3) is 0 Å². The zero-order valence-electron chi connectivity index (χ0n) is 11.8. The highest BCUT2D eigenvalue weighted by Gasteiger charge is 2.61. The van der Waals surface area contributed by atoms with Crippen molar-refractivity contribution in [2.75, 3.05) is 6.44 Å². The molecule has 0 saturated heterocycles. The third-order valence-corrected chi connectivity index (χ3v) is 5.88. The van der Waals surface area contributed by atoms with E-state index in [1.54, 1.807) is 7.48 Å². The first-order valence-electron chi connectivity index (χ1n) is 6.76. The molecule has 0 aliphatic heterocycles. The Kier molecular flexibility index (Phi) is 3.82. The van der Waals surface area contributed by atoms with Gasteiger partial charge in [0.15, 0.2) is 0 Å². The second-order valence-electron chi connectivity index (χ2n) is 6.64. The van der Waals surface area contributed by atoms with Gasteiger partial charge < -0.3 is 9.97 Å². The van der Waals surface area contributed by atoms with Crippen LogP contribution in [0.15, 0.2) is 0 Å². The van der Waals surface area contributed by atoms with Gasteiger partial charge in [-0.1, -0.05) is 20.8 Å². The number of rotatable bonds is 4. The first-order valence-corrected chi connectivity index (χ1v) is 7.34. The molecular formula is C13H24BNO2P. The van der Waals surface area contributed by atoms with E-state index in [0.29, 0.717) is 17.8 Å². The number of carbonyl (C=O) groups excluding carboxylic acids is 1. The van der Waals surface area contributed by atoms with Crippen molar-refractivity contribution < 1.29 is 9.45 Å². The predicted molar refractivity (Wildman–Crippen MR) is 77.4 cm³/mol. The van der Waals surface area contributed by atoms with Crippen molar-refractivity contribution in [1.82, 2.24) is 5.32 Å². The molecule has 1 N–H and O–H groups in total. The number of nitrogens with one attached hydrogen (secondary N) is 1. The second-order valence-corrected chi connectivity index (χ2v) is 7.88. The van der Waals surface area contributed by atoms with E-state index in [2.05, 4.69) is 35.3 Å². The lowest BCUT2D eigenvalue weighted by Gasteiger charge is -2.66. The van der Waals surface area contributed by atoms with Crippen LogP contribution < -0.4 is 5.32 Å². The van der Waals surface area contributed by atoms with Gasteiger partial charge in [0.2, 0.25) is 5.91 Å². The first kappa shape index (κ1) is 14.3. The van der Waals surface area contributed by atoms with Gasteiger partial charge in [0.25, 0.3) is 0 Å². The van der Waals surface area contributed by atoms with E-state index in [4.69, 9.17) is 4.65 Å². The van der Waals surface area contributed by atoms with Crippen LogP contribution in [0.3, 0.4) is 0 Å². The molecule has 1 amide bonds. The van der Waals surface area contributed by atoms with Crippen molar-refractivity contribution >= 4 is 22.6 Å². The Balaban J connectivity index is 1.86. The van der Waals surface area contributed by atoms with Gasteiger partial charge in [-0.15, -0.1) is 9.24 Å². The molecule has 0 aromatic heterocycles. The van der Waals surface area contributed by atoms with Gasteiger partial charge in [0.1, 0.15) is 0 Å². The molecule has 0 aromatic rings. The summed E-state index contributed by atoms with van der Waals surface area (Å²) in [5.74, 6) is 1.49. The molecule has 3 aliphatic rings. The summed E-state index contributed by atoms with van der Waals surface area (Å²) in [7, 11) is 4.76. The highest BCUT2D eigenvalue weighted by Crippen LogP contribution is 2.65. The average molecular weight is 268 g/mol. The molecule has 2 bridgehead atoms. The minimum absolute atomic E-state index is 0.0175. The van der Waals surface area contributed by atoms with Gasteiger partial charge in [-0.2, -0.15) is 0 Å². The van der Waals surface area contributed by atoms with E-state index < -0.39 is 0 Å². The van der Waals surface area contributed by atoms with Gasteiger partial charge in [-0.05, 0) is 30.1 Å². The lowest BCUT2D eigenvalue weighted by molar-refractivity contribution is -0.132. The summed E-state index contributed by atoms with van der Waals surface area (Å²) in [5, 5.41) is 2.87. The Morgan fingerprint density at radius 3 is 2.61 bits per heavy atom. The fourth-order valence-electron chi connectivity index (χ4n) is 3.76. The predicted octanol–water partition coefficient (Wildman–Crippen LogP) is 1.78. The molecule has 3 nitrogen and oxygen atoms in total. The second kappa shape index (κ2) is 4.79. The van der Waals surface area contributed by atoms with Crippen LogP contribution in [0.2, 0.25) is 0 Å². The molecule has 5 atom stereocenters. The van der Waals surface area contributed by atoms with E-state index in [-0.39, 0.29) is 17.2 Å². The summed E-state index contributed by atoms with van der Waals surface area (Å²) < 4.78 is 5.88. The third kappa shape index (κ3) is 2.34. The molecule has 3 rings (SSSR count). The highest BCUT2D eigenvalue weighted by atomic mass is 31.0. The molecule has 5 heteroatoms. The zero-order chi connectivity index (χ0) is 13.6. The van der Waals surface area contributed by atoms with Gasteiger partial charge >= 0.3 is 7.48 Å². The van der Waals surface area contributed by atoms with Crippen molar-refractivity contribution in [1.29, 1.82) is 0 Å². The molecular weight excluding hydrogens is 244 g/mol.